The highest BCUT2D eigenvalue weighted by Crippen LogP contribution is 2.29. The number of ether oxygens (including phenoxy) is 1. The number of benzene rings is 1. The predicted octanol–water partition coefficient (Wildman–Crippen LogP) is 4.80. The molecule has 1 saturated heterocycles. The van der Waals surface area contributed by atoms with Crippen molar-refractivity contribution in [2.75, 3.05) is 13.1 Å². The second kappa shape index (κ2) is 19.5. The zero-order valence-electron chi connectivity index (χ0n) is 32.0. The largest absolute Gasteiger partial charge is 0.444 e. The monoisotopic (exact) mass is 715 g/mol. The maximum absolute atomic E-state index is 14.0. The number of carbonyl (C=O) groups is 4. The van der Waals surface area contributed by atoms with E-state index >= 15 is 0 Å². The number of alkyl carbamates (subject to hydrolysis) is 1. The molecule has 1 aliphatic heterocycles. The van der Waals surface area contributed by atoms with Crippen molar-refractivity contribution in [3.05, 3.63) is 35.9 Å². The van der Waals surface area contributed by atoms with E-state index in [1.165, 1.54) is 6.42 Å². The summed E-state index contributed by atoms with van der Waals surface area (Å²) in [5.41, 5.74) is -0.874. The number of aliphatic hydroxyl groups excluding tert-OH is 1. The van der Waals surface area contributed by atoms with E-state index in [1.807, 2.05) is 44.2 Å². The molecule has 2 fully saturated rings. The van der Waals surface area contributed by atoms with E-state index in [0.29, 0.717) is 44.7 Å². The van der Waals surface area contributed by atoms with E-state index in [2.05, 4.69) is 21.3 Å². The first-order valence-corrected chi connectivity index (χ1v) is 19.0. The number of urea groups is 1. The van der Waals surface area contributed by atoms with Crippen molar-refractivity contribution < 1.29 is 34.1 Å². The van der Waals surface area contributed by atoms with Gasteiger partial charge in [0.1, 0.15) is 17.7 Å². The zero-order chi connectivity index (χ0) is 37.8. The molecule has 51 heavy (non-hydrogen) atoms. The van der Waals surface area contributed by atoms with Gasteiger partial charge in [-0.05, 0) is 77.7 Å². The molecule has 288 valence electrons. The lowest BCUT2D eigenvalue weighted by molar-refractivity contribution is -0.131. The van der Waals surface area contributed by atoms with Gasteiger partial charge in [-0.3, -0.25) is 9.59 Å². The Morgan fingerprint density at radius 1 is 0.863 bits per heavy atom. The lowest BCUT2D eigenvalue weighted by atomic mass is 9.82. The lowest BCUT2D eigenvalue weighted by Crippen LogP contribution is -2.59. The molecule has 2 aliphatic rings. The molecule has 5 amide bonds. The van der Waals surface area contributed by atoms with Gasteiger partial charge >= 0.3 is 12.1 Å². The molecule has 1 aliphatic carbocycles. The summed E-state index contributed by atoms with van der Waals surface area (Å²) in [6.45, 7) is 13.4. The number of aliphatic hydroxyl groups is 2. The molecule has 0 bridgehead atoms. The molecular formula is C39H65N5O7. The molecule has 3 rings (SSSR count). The molecule has 4 atom stereocenters. The number of nitrogens with one attached hydrogen (secondary N) is 4. The molecule has 12 heteroatoms. The molecule has 1 saturated carbocycles. The van der Waals surface area contributed by atoms with Crippen molar-refractivity contribution >= 4 is 23.9 Å². The second-order valence-corrected chi connectivity index (χ2v) is 16.7. The fourth-order valence-electron chi connectivity index (χ4n) is 7.01. The molecule has 0 aromatic heterocycles. The quantitative estimate of drug-likeness (QED) is 0.152. The Labute approximate surface area is 305 Å². The molecule has 12 nitrogen and oxygen atoms in total. The Balaban J connectivity index is 1.72. The van der Waals surface area contributed by atoms with Gasteiger partial charge in [0, 0.05) is 32.0 Å². The molecular weight excluding hydrogens is 650 g/mol. The summed E-state index contributed by atoms with van der Waals surface area (Å²) in [5.74, 6) is -0.438. The highest BCUT2D eigenvalue weighted by molar-refractivity contribution is 5.92. The number of nitrogens with zero attached hydrogens (tertiary/aromatic N) is 1. The van der Waals surface area contributed by atoms with Crippen LogP contribution in [0, 0.1) is 11.8 Å². The summed E-state index contributed by atoms with van der Waals surface area (Å²) in [6.07, 6.45) is 6.42. The van der Waals surface area contributed by atoms with Crippen LogP contribution < -0.4 is 21.3 Å². The van der Waals surface area contributed by atoms with Gasteiger partial charge in [0.2, 0.25) is 11.8 Å². The smallest absolute Gasteiger partial charge is 0.407 e. The lowest BCUT2D eigenvalue weighted by Gasteiger charge is -2.34. The van der Waals surface area contributed by atoms with E-state index in [-0.39, 0.29) is 24.8 Å². The van der Waals surface area contributed by atoms with Crippen LogP contribution in [0.15, 0.2) is 30.3 Å². The first-order valence-electron chi connectivity index (χ1n) is 19.0. The average molecular weight is 716 g/mol. The predicted molar refractivity (Wildman–Crippen MR) is 198 cm³/mol. The maximum atomic E-state index is 14.0. The Kier molecular flexibility index (Phi) is 16.0. The number of hydrogen-bond donors (Lipinski definition) is 6. The first kappa shape index (κ1) is 42.0. The van der Waals surface area contributed by atoms with Crippen LogP contribution in [0.5, 0.6) is 0 Å². The SMILES string of the molecule is CC(C)C[C@@H](NC(=O)[C@H](Cc1ccccc1)NC(=O)N1CCC(NC(=O)OC(C)(C)C)CC1)C(=O)N[C@@H](CC1CCCCC1)[C@@H](O)CC(C)(C)O. The number of amides is 5. The zero-order valence-corrected chi connectivity index (χ0v) is 32.0. The molecule has 0 unspecified atom stereocenters. The topological polar surface area (TPSA) is 169 Å². The van der Waals surface area contributed by atoms with Crippen LogP contribution in [0.2, 0.25) is 0 Å². The Morgan fingerprint density at radius 3 is 2.04 bits per heavy atom. The normalized spacial score (nSPS) is 18.7. The van der Waals surface area contributed by atoms with E-state index in [1.54, 1.807) is 39.5 Å². The molecule has 1 heterocycles. The summed E-state index contributed by atoms with van der Waals surface area (Å²) < 4.78 is 5.37. The van der Waals surface area contributed by atoms with Crippen LogP contribution >= 0.6 is 0 Å². The van der Waals surface area contributed by atoms with Gasteiger partial charge in [-0.2, -0.15) is 0 Å². The van der Waals surface area contributed by atoms with Gasteiger partial charge in [-0.15, -0.1) is 0 Å². The Bertz CT molecular complexity index is 1250. The second-order valence-electron chi connectivity index (χ2n) is 16.7. The van der Waals surface area contributed by atoms with Gasteiger partial charge in [0.05, 0.1) is 17.7 Å². The number of carbonyl (C=O) groups excluding carboxylic acids is 4. The Hall–Kier alpha value is -3.38. The van der Waals surface area contributed by atoms with Gasteiger partial charge in [0.15, 0.2) is 0 Å². The van der Waals surface area contributed by atoms with Crippen LogP contribution in [0.1, 0.15) is 118 Å². The third-order valence-electron chi connectivity index (χ3n) is 9.55. The van der Waals surface area contributed by atoms with Gasteiger partial charge in [-0.1, -0.05) is 76.3 Å². The van der Waals surface area contributed by atoms with Crippen LogP contribution in [-0.2, 0) is 20.7 Å². The minimum absolute atomic E-state index is 0.0666. The summed E-state index contributed by atoms with van der Waals surface area (Å²) in [7, 11) is 0. The van der Waals surface area contributed by atoms with Crippen molar-refractivity contribution in [1.29, 1.82) is 0 Å². The fraction of sp³-hybridized carbons (Fsp3) is 0.744. The highest BCUT2D eigenvalue weighted by atomic mass is 16.6. The van der Waals surface area contributed by atoms with Crippen LogP contribution in [0.25, 0.3) is 0 Å². The minimum atomic E-state index is -1.12. The summed E-state index contributed by atoms with van der Waals surface area (Å²) in [4.78, 5) is 55.4. The van der Waals surface area contributed by atoms with E-state index < -0.39 is 59.4 Å². The van der Waals surface area contributed by atoms with Gasteiger partial charge in [-0.25, -0.2) is 9.59 Å². The van der Waals surface area contributed by atoms with Crippen molar-refractivity contribution in [2.45, 2.75) is 161 Å². The number of piperidine rings is 1. The summed E-state index contributed by atoms with van der Waals surface area (Å²) in [6, 6.07) is 6.43. The third kappa shape index (κ3) is 15.8. The van der Waals surface area contributed by atoms with E-state index in [9.17, 15) is 29.4 Å². The number of hydrogen-bond acceptors (Lipinski definition) is 7. The van der Waals surface area contributed by atoms with Crippen molar-refractivity contribution in [2.24, 2.45) is 11.8 Å². The van der Waals surface area contributed by atoms with Crippen molar-refractivity contribution in [3.8, 4) is 0 Å². The maximum Gasteiger partial charge on any atom is 0.407 e. The van der Waals surface area contributed by atoms with Crippen LogP contribution in [0.4, 0.5) is 9.59 Å². The summed E-state index contributed by atoms with van der Waals surface area (Å²) >= 11 is 0. The fourth-order valence-corrected chi connectivity index (χ4v) is 7.01. The molecule has 1 aromatic rings. The highest BCUT2D eigenvalue weighted by Gasteiger charge is 2.34. The van der Waals surface area contributed by atoms with Gasteiger partial charge < -0.3 is 41.1 Å². The molecule has 0 spiro atoms. The molecule has 6 N–H and O–H groups in total. The molecule has 0 radical (unpaired) electrons. The Morgan fingerprint density at radius 2 is 1.47 bits per heavy atom. The van der Waals surface area contributed by atoms with Crippen molar-refractivity contribution in [1.82, 2.24) is 26.2 Å². The first-order chi connectivity index (χ1) is 23.9. The number of rotatable bonds is 15. The summed E-state index contributed by atoms with van der Waals surface area (Å²) in [5, 5.41) is 33.5. The van der Waals surface area contributed by atoms with Crippen molar-refractivity contribution in [3.63, 3.8) is 0 Å². The standard InChI is InChI=1S/C39H65N5O7/c1-26(2)22-31(34(46)41-30(33(45)25-39(6,7)50)23-27-14-10-8-11-15-27)42-35(47)32(24-28-16-12-9-13-17-28)43-36(48)44-20-18-29(19-21-44)40-37(49)51-38(3,4)5/h9,12-13,16-17,26-27,29-33,45,50H,8,10-11,14-15,18-25H2,1-7H3,(H,40,49)(H,41,46)(H,42,47)(H,43,48)/t30-,31+,32-,33-/m0/s1. The average Bonchev–Trinajstić information content (AvgIpc) is 3.03. The van der Waals surface area contributed by atoms with Crippen LogP contribution in [-0.4, -0.2) is 93.6 Å². The van der Waals surface area contributed by atoms with E-state index in [4.69, 9.17) is 4.74 Å². The van der Waals surface area contributed by atoms with Crippen LogP contribution in [0.3, 0.4) is 0 Å². The van der Waals surface area contributed by atoms with E-state index in [0.717, 1.165) is 31.2 Å². The third-order valence-corrected chi connectivity index (χ3v) is 9.55. The minimum Gasteiger partial charge on any atom is -0.444 e. The number of likely N-dealkylation sites (tertiary alicyclic amines) is 1. The molecule has 1 aromatic carbocycles. The van der Waals surface area contributed by atoms with Gasteiger partial charge in [0.25, 0.3) is 0 Å².